The van der Waals surface area contributed by atoms with Crippen LogP contribution in [-0.2, 0) is 4.74 Å². The molecule has 1 aliphatic rings. The largest absolute Gasteiger partial charge is 0.431 e. The van der Waals surface area contributed by atoms with Gasteiger partial charge in [-0.15, -0.1) is 0 Å². The molecule has 5 nitrogen and oxygen atoms in total. The molecule has 23 heavy (non-hydrogen) atoms. The molecule has 1 amide bonds. The zero-order valence-corrected chi connectivity index (χ0v) is 13.7. The van der Waals surface area contributed by atoms with Crippen molar-refractivity contribution in [2.75, 3.05) is 6.54 Å². The second-order valence-corrected chi connectivity index (χ2v) is 6.16. The van der Waals surface area contributed by atoms with Crippen molar-refractivity contribution in [2.24, 2.45) is 5.92 Å². The van der Waals surface area contributed by atoms with Gasteiger partial charge in [-0.3, -0.25) is 4.79 Å². The van der Waals surface area contributed by atoms with Gasteiger partial charge < -0.3 is 14.5 Å². The van der Waals surface area contributed by atoms with E-state index in [2.05, 4.69) is 17.2 Å². The molecule has 0 saturated carbocycles. The average Bonchev–Trinajstić information content (AvgIpc) is 3.08. The molecule has 0 bridgehead atoms. The van der Waals surface area contributed by atoms with E-state index in [0.717, 1.165) is 12.0 Å². The highest BCUT2D eigenvalue weighted by atomic mass is 16.5. The molecule has 1 saturated heterocycles. The Balaban J connectivity index is 1.67. The first-order valence-electron chi connectivity index (χ1n) is 8.01. The fourth-order valence-corrected chi connectivity index (χ4v) is 3.02. The molecule has 2 aromatic rings. The first-order chi connectivity index (χ1) is 11.0. The van der Waals surface area contributed by atoms with Gasteiger partial charge in [-0.25, -0.2) is 4.98 Å². The van der Waals surface area contributed by atoms with Gasteiger partial charge in [0.05, 0.1) is 17.9 Å². The smallest absolute Gasteiger partial charge is 0.289 e. The zero-order valence-electron chi connectivity index (χ0n) is 13.7. The summed E-state index contributed by atoms with van der Waals surface area (Å²) >= 11 is 0. The van der Waals surface area contributed by atoms with Crippen molar-refractivity contribution >= 4 is 5.91 Å². The predicted molar refractivity (Wildman–Crippen MR) is 87.1 cm³/mol. The molecule has 0 spiro atoms. The van der Waals surface area contributed by atoms with Crippen LogP contribution in [0.3, 0.4) is 0 Å². The summed E-state index contributed by atoms with van der Waals surface area (Å²) in [6.07, 6.45) is 1.39. The van der Waals surface area contributed by atoms with Crippen LogP contribution in [0.1, 0.15) is 36.5 Å². The molecule has 2 heterocycles. The van der Waals surface area contributed by atoms with Crippen LogP contribution in [0, 0.1) is 12.8 Å². The Morgan fingerprint density at radius 1 is 1.30 bits per heavy atom. The van der Waals surface area contributed by atoms with Gasteiger partial charge in [0.15, 0.2) is 0 Å². The van der Waals surface area contributed by atoms with Crippen LogP contribution < -0.4 is 5.32 Å². The Morgan fingerprint density at radius 2 is 2.04 bits per heavy atom. The third kappa shape index (κ3) is 3.45. The molecule has 3 atom stereocenters. The second-order valence-electron chi connectivity index (χ2n) is 6.16. The summed E-state index contributed by atoms with van der Waals surface area (Å²) in [5.74, 6) is 0.873. The Kier molecular flexibility index (Phi) is 4.48. The Morgan fingerprint density at radius 3 is 2.70 bits per heavy atom. The number of amides is 1. The van der Waals surface area contributed by atoms with Crippen LogP contribution in [-0.4, -0.2) is 29.6 Å². The number of rotatable bonds is 4. The first kappa shape index (κ1) is 15.7. The summed E-state index contributed by atoms with van der Waals surface area (Å²) < 4.78 is 11.4. The minimum Gasteiger partial charge on any atom is -0.431 e. The number of benzene rings is 1. The molecule has 122 valence electrons. The van der Waals surface area contributed by atoms with Gasteiger partial charge in [-0.1, -0.05) is 18.2 Å². The molecule has 1 aromatic heterocycles. The Hall–Kier alpha value is -2.14. The molecular formula is C18H22N2O3. The van der Waals surface area contributed by atoms with Gasteiger partial charge in [0.2, 0.25) is 11.7 Å². The molecular weight excluding hydrogens is 292 g/mol. The van der Waals surface area contributed by atoms with Crippen LogP contribution in [0.4, 0.5) is 0 Å². The van der Waals surface area contributed by atoms with E-state index >= 15 is 0 Å². The van der Waals surface area contributed by atoms with Crippen LogP contribution in [0.15, 0.2) is 34.7 Å². The molecule has 1 aromatic carbocycles. The molecule has 0 unspecified atom stereocenters. The maximum Gasteiger partial charge on any atom is 0.289 e. The summed E-state index contributed by atoms with van der Waals surface area (Å²) in [6.45, 7) is 6.48. The molecule has 0 radical (unpaired) electrons. The summed E-state index contributed by atoms with van der Waals surface area (Å²) in [5.41, 5.74) is 1.46. The van der Waals surface area contributed by atoms with Gasteiger partial charge in [-0.05, 0) is 39.3 Å². The topological polar surface area (TPSA) is 64.4 Å². The Bertz CT molecular complexity index is 681. The number of nitrogens with one attached hydrogen (secondary N) is 1. The number of nitrogens with zero attached hydrogens (tertiary/aromatic N) is 1. The lowest BCUT2D eigenvalue weighted by Crippen LogP contribution is -2.32. The van der Waals surface area contributed by atoms with Crippen LogP contribution >= 0.6 is 0 Å². The monoisotopic (exact) mass is 314 g/mol. The minimum absolute atomic E-state index is 0.168. The summed E-state index contributed by atoms with van der Waals surface area (Å²) in [6, 6.07) is 9.57. The Labute approximate surface area is 136 Å². The first-order valence-corrected chi connectivity index (χ1v) is 8.01. The van der Waals surface area contributed by atoms with E-state index in [-0.39, 0.29) is 23.9 Å². The van der Waals surface area contributed by atoms with Gasteiger partial charge in [-0.2, -0.15) is 0 Å². The predicted octanol–water partition coefficient (Wildman–Crippen LogP) is 3.19. The maximum absolute atomic E-state index is 12.4. The molecule has 5 heteroatoms. The molecule has 1 fully saturated rings. The number of oxazole rings is 1. The zero-order chi connectivity index (χ0) is 16.4. The van der Waals surface area contributed by atoms with Crippen molar-refractivity contribution in [3.05, 3.63) is 41.8 Å². The standard InChI is InChI=1S/C18H22N2O3/c1-11-9-15(13(3)22-11)10-19-17(21)16-12(2)20-18(23-16)14-7-5-4-6-8-14/h4-8,11,13,15H,9-10H2,1-3H3,(H,19,21)/t11-,13-,15+/m1/s1. The van der Waals surface area contributed by atoms with E-state index in [9.17, 15) is 4.79 Å². The SMILES string of the molecule is Cc1nc(-c2ccccc2)oc1C(=O)NC[C@@H]1C[C@@H](C)O[C@@H]1C. The van der Waals surface area contributed by atoms with Crippen LogP contribution in [0.2, 0.25) is 0 Å². The van der Waals surface area contributed by atoms with Gasteiger partial charge >= 0.3 is 0 Å². The molecule has 1 N–H and O–H groups in total. The molecule has 1 aliphatic heterocycles. The van der Waals surface area contributed by atoms with Crippen molar-refractivity contribution in [1.82, 2.24) is 10.3 Å². The van der Waals surface area contributed by atoms with E-state index in [1.807, 2.05) is 37.3 Å². The van der Waals surface area contributed by atoms with Crippen molar-refractivity contribution in [3.8, 4) is 11.5 Å². The van der Waals surface area contributed by atoms with E-state index < -0.39 is 0 Å². The third-order valence-corrected chi connectivity index (χ3v) is 4.29. The van der Waals surface area contributed by atoms with Crippen molar-refractivity contribution in [3.63, 3.8) is 0 Å². The third-order valence-electron chi connectivity index (χ3n) is 4.29. The highest BCUT2D eigenvalue weighted by Gasteiger charge is 2.30. The number of hydrogen-bond acceptors (Lipinski definition) is 4. The lowest BCUT2D eigenvalue weighted by atomic mass is 10.0. The van der Waals surface area contributed by atoms with Crippen LogP contribution in [0.25, 0.3) is 11.5 Å². The fourth-order valence-electron chi connectivity index (χ4n) is 3.02. The molecule has 0 aliphatic carbocycles. The summed E-state index contributed by atoms with van der Waals surface area (Å²) in [4.78, 5) is 16.7. The number of carbonyl (C=O) groups is 1. The number of ether oxygens (including phenoxy) is 1. The average molecular weight is 314 g/mol. The second kappa shape index (κ2) is 6.54. The number of aromatic nitrogens is 1. The van der Waals surface area contributed by atoms with Crippen molar-refractivity contribution in [2.45, 2.75) is 39.4 Å². The highest BCUT2D eigenvalue weighted by Crippen LogP contribution is 2.26. The van der Waals surface area contributed by atoms with Crippen molar-refractivity contribution < 1.29 is 13.9 Å². The minimum atomic E-state index is -0.219. The number of aryl methyl sites for hydroxylation is 1. The van der Waals surface area contributed by atoms with Gasteiger partial charge in [0.1, 0.15) is 0 Å². The summed E-state index contributed by atoms with van der Waals surface area (Å²) in [7, 11) is 0. The summed E-state index contributed by atoms with van der Waals surface area (Å²) in [5, 5.41) is 2.94. The lowest BCUT2D eigenvalue weighted by molar-refractivity contribution is 0.0556. The maximum atomic E-state index is 12.4. The fraction of sp³-hybridized carbons (Fsp3) is 0.444. The van der Waals surface area contributed by atoms with E-state index in [4.69, 9.17) is 9.15 Å². The quantitative estimate of drug-likeness (QED) is 0.941. The highest BCUT2D eigenvalue weighted by molar-refractivity contribution is 5.92. The van der Waals surface area contributed by atoms with Crippen molar-refractivity contribution in [1.29, 1.82) is 0 Å². The van der Waals surface area contributed by atoms with E-state index in [1.165, 1.54) is 0 Å². The van der Waals surface area contributed by atoms with Gasteiger partial charge in [0.25, 0.3) is 5.91 Å². The number of hydrogen-bond donors (Lipinski definition) is 1. The van der Waals surface area contributed by atoms with E-state index in [0.29, 0.717) is 24.0 Å². The normalized spacial score (nSPS) is 23.9. The number of carbonyl (C=O) groups excluding carboxylic acids is 1. The van der Waals surface area contributed by atoms with Gasteiger partial charge in [0, 0.05) is 18.0 Å². The lowest BCUT2D eigenvalue weighted by Gasteiger charge is -2.13. The van der Waals surface area contributed by atoms with E-state index in [1.54, 1.807) is 6.92 Å². The molecule has 3 rings (SSSR count). The van der Waals surface area contributed by atoms with Crippen LogP contribution in [0.5, 0.6) is 0 Å².